The van der Waals surface area contributed by atoms with E-state index >= 15 is 0 Å². The Morgan fingerprint density at radius 2 is 1.90 bits per heavy atom. The number of hydrazine groups is 1. The highest BCUT2D eigenvalue weighted by Gasteiger charge is 2.53. The zero-order valence-corrected chi connectivity index (χ0v) is 23.2. The van der Waals surface area contributed by atoms with E-state index in [1.807, 2.05) is 11.1 Å². The summed E-state index contributed by atoms with van der Waals surface area (Å²) >= 11 is 0. The lowest BCUT2D eigenvalue weighted by atomic mass is 9.99. The minimum Gasteiger partial charge on any atom is -0.369 e. The van der Waals surface area contributed by atoms with Crippen LogP contribution in [0.2, 0.25) is 0 Å². The van der Waals surface area contributed by atoms with Gasteiger partial charge in [0.15, 0.2) is 0 Å². The van der Waals surface area contributed by atoms with E-state index in [1.54, 1.807) is 5.01 Å². The van der Waals surface area contributed by atoms with Crippen molar-refractivity contribution in [1.82, 2.24) is 35.8 Å². The predicted molar refractivity (Wildman–Crippen MR) is 150 cm³/mol. The van der Waals surface area contributed by atoms with Gasteiger partial charge in [-0.3, -0.25) is 25.5 Å². The number of hydrogen-bond acceptors (Lipinski definition) is 10. The number of carbonyl (C=O) groups excluding carboxylic acids is 2. The number of amides is 2. The molecule has 6 unspecified atom stereocenters. The SMILES string of the molecule is CN1CCN(c2cccc(NC3NCC4C(=O)N5C=CCCCN6C(=O)COC7CCC(NC76)N5C4N3)c2)CC1. The number of piperazine rings is 1. The summed E-state index contributed by atoms with van der Waals surface area (Å²) in [5, 5.41) is 18.5. The van der Waals surface area contributed by atoms with Crippen LogP contribution < -0.4 is 26.2 Å². The molecule has 0 saturated carbocycles. The molecule has 1 aromatic rings. The summed E-state index contributed by atoms with van der Waals surface area (Å²) in [6, 6.07) is 8.57. The Hall–Kier alpha value is -2.74. The Labute approximate surface area is 235 Å². The van der Waals surface area contributed by atoms with Gasteiger partial charge in [0.05, 0.1) is 24.4 Å². The number of fused-ring (bicyclic) bond motifs is 5. The Morgan fingerprint density at radius 1 is 1.02 bits per heavy atom. The molecule has 2 bridgehead atoms. The molecule has 12 nitrogen and oxygen atoms in total. The summed E-state index contributed by atoms with van der Waals surface area (Å²) in [5.74, 6) is -0.0946. The lowest BCUT2D eigenvalue weighted by Crippen LogP contribution is -2.71. The van der Waals surface area contributed by atoms with Crippen molar-refractivity contribution in [3.05, 3.63) is 36.5 Å². The number of carbonyl (C=O) groups is 2. The van der Waals surface area contributed by atoms with Gasteiger partial charge < -0.3 is 24.8 Å². The van der Waals surface area contributed by atoms with Gasteiger partial charge in [-0.1, -0.05) is 12.1 Å². The monoisotopic (exact) mass is 551 g/mol. The fourth-order valence-corrected chi connectivity index (χ4v) is 6.99. The number of piperidine rings is 1. The molecule has 2 amide bonds. The third-order valence-corrected chi connectivity index (χ3v) is 9.22. The van der Waals surface area contributed by atoms with Crippen LogP contribution in [0.3, 0.4) is 0 Å². The van der Waals surface area contributed by atoms with Crippen molar-refractivity contribution in [3.8, 4) is 0 Å². The van der Waals surface area contributed by atoms with Crippen LogP contribution in [0.4, 0.5) is 11.4 Å². The van der Waals surface area contributed by atoms with E-state index in [0.29, 0.717) is 13.1 Å². The normalized spacial score (nSPS) is 35.3. The maximum Gasteiger partial charge on any atom is 0.249 e. The van der Waals surface area contributed by atoms with Gasteiger partial charge in [0, 0.05) is 56.8 Å². The number of likely N-dealkylation sites (N-methyl/N-ethyl adjacent to an activating group) is 1. The topological polar surface area (TPSA) is 108 Å². The first-order valence-electron chi connectivity index (χ1n) is 14.8. The molecule has 0 aromatic heterocycles. The Balaban J connectivity index is 1.10. The van der Waals surface area contributed by atoms with Crippen molar-refractivity contribution in [1.29, 1.82) is 0 Å². The molecule has 6 heterocycles. The summed E-state index contributed by atoms with van der Waals surface area (Å²) < 4.78 is 5.92. The highest BCUT2D eigenvalue weighted by atomic mass is 16.5. The maximum atomic E-state index is 13.6. The molecule has 5 fully saturated rings. The molecule has 7 rings (SSSR count). The Kier molecular flexibility index (Phi) is 7.14. The second-order valence-corrected chi connectivity index (χ2v) is 11.8. The van der Waals surface area contributed by atoms with E-state index in [0.717, 1.165) is 57.5 Å². The van der Waals surface area contributed by atoms with E-state index in [-0.39, 0.29) is 55.2 Å². The van der Waals surface area contributed by atoms with Crippen molar-refractivity contribution in [2.45, 2.75) is 56.6 Å². The zero-order valence-electron chi connectivity index (χ0n) is 23.2. The summed E-state index contributed by atoms with van der Waals surface area (Å²) in [4.78, 5) is 33.1. The van der Waals surface area contributed by atoms with Crippen LogP contribution in [-0.4, -0.2) is 115 Å². The first-order chi connectivity index (χ1) is 19.5. The highest BCUT2D eigenvalue weighted by molar-refractivity contribution is 5.82. The number of ether oxygens (including phenoxy) is 1. The van der Waals surface area contributed by atoms with E-state index in [1.165, 1.54) is 5.69 Å². The maximum absolute atomic E-state index is 13.6. The van der Waals surface area contributed by atoms with Crippen LogP contribution in [0.5, 0.6) is 0 Å². The molecule has 40 heavy (non-hydrogen) atoms. The first kappa shape index (κ1) is 26.2. The number of nitrogens with zero attached hydrogens (tertiary/aromatic N) is 5. The van der Waals surface area contributed by atoms with E-state index < -0.39 is 0 Å². The van der Waals surface area contributed by atoms with Crippen LogP contribution >= 0.6 is 0 Å². The smallest absolute Gasteiger partial charge is 0.249 e. The van der Waals surface area contributed by atoms with Crippen LogP contribution in [0.25, 0.3) is 0 Å². The zero-order chi connectivity index (χ0) is 27.2. The average Bonchev–Trinajstić information content (AvgIpc) is 3.22. The highest BCUT2D eigenvalue weighted by Crippen LogP contribution is 2.34. The van der Waals surface area contributed by atoms with Crippen molar-refractivity contribution < 1.29 is 14.3 Å². The number of rotatable bonds is 3. The van der Waals surface area contributed by atoms with Crippen LogP contribution in [0.1, 0.15) is 25.7 Å². The summed E-state index contributed by atoms with van der Waals surface area (Å²) in [6.45, 7) is 5.59. The summed E-state index contributed by atoms with van der Waals surface area (Å²) in [5.41, 5.74) is 2.26. The lowest BCUT2D eigenvalue weighted by Gasteiger charge is -2.50. The molecule has 4 N–H and O–H groups in total. The third kappa shape index (κ3) is 4.86. The van der Waals surface area contributed by atoms with E-state index in [2.05, 4.69) is 73.5 Å². The average molecular weight is 552 g/mol. The molecule has 6 aliphatic heterocycles. The van der Waals surface area contributed by atoms with Gasteiger partial charge in [0.25, 0.3) is 0 Å². The summed E-state index contributed by atoms with van der Waals surface area (Å²) in [6.07, 6.45) is 6.61. The van der Waals surface area contributed by atoms with Crippen molar-refractivity contribution in [3.63, 3.8) is 0 Å². The minimum absolute atomic E-state index is 0.0202. The van der Waals surface area contributed by atoms with Gasteiger partial charge in [0.2, 0.25) is 11.8 Å². The standard InChI is InChI=1S/C28H41N9O3/c1-33-12-14-34(15-13-33)20-7-5-6-19(16-20)30-28-29-17-21-25(32-28)37-23-9-8-22-26(31-23)35(24(38)18-40-22)10-3-2-4-11-36(37)27(21)39/h4-7,11,16,21-23,25-26,28-32H,2-3,8-10,12-15,17-18H2,1H3. The lowest BCUT2D eigenvalue weighted by molar-refractivity contribution is -0.173. The molecule has 6 atom stereocenters. The van der Waals surface area contributed by atoms with Gasteiger partial charge in [-0.15, -0.1) is 0 Å². The fraction of sp³-hybridized carbons (Fsp3) is 0.643. The number of benzene rings is 1. The molecular formula is C28H41N9O3. The molecule has 0 radical (unpaired) electrons. The van der Waals surface area contributed by atoms with E-state index in [4.69, 9.17) is 4.74 Å². The van der Waals surface area contributed by atoms with Crippen LogP contribution in [-0.2, 0) is 14.3 Å². The quantitative estimate of drug-likeness (QED) is 0.407. The molecule has 216 valence electrons. The van der Waals surface area contributed by atoms with Crippen LogP contribution in [0.15, 0.2) is 36.5 Å². The van der Waals surface area contributed by atoms with E-state index in [9.17, 15) is 9.59 Å². The number of nitrogens with one attached hydrogen (secondary N) is 4. The molecule has 0 aliphatic carbocycles. The molecular weight excluding hydrogens is 510 g/mol. The van der Waals surface area contributed by atoms with Gasteiger partial charge in [-0.05, 0) is 50.9 Å². The second kappa shape index (κ2) is 10.9. The number of morpholine rings is 1. The molecule has 12 heteroatoms. The minimum atomic E-state index is -0.220. The predicted octanol–water partition coefficient (Wildman–Crippen LogP) is -0.101. The number of anilines is 2. The van der Waals surface area contributed by atoms with Gasteiger partial charge >= 0.3 is 0 Å². The molecule has 5 saturated heterocycles. The Bertz CT molecular complexity index is 1140. The van der Waals surface area contributed by atoms with Gasteiger partial charge in [-0.2, -0.15) is 5.01 Å². The third-order valence-electron chi connectivity index (χ3n) is 9.22. The summed E-state index contributed by atoms with van der Waals surface area (Å²) in [7, 11) is 2.17. The molecule has 1 aromatic carbocycles. The number of hydrogen-bond donors (Lipinski definition) is 4. The van der Waals surface area contributed by atoms with Gasteiger partial charge in [0.1, 0.15) is 19.1 Å². The van der Waals surface area contributed by atoms with Crippen LogP contribution in [0, 0.1) is 5.92 Å². The first-order valence-corrected chi connectivity index (χ1v) is 14.8. The van der Waals surface area contributed by atoms with Crippen molar-refractivity contribution in [2.75, 3.05) is 63.1 Å². The van der Waals surface area contributed by atoms with Crippen molar-refractivity contribution in [2.24, 2.45) is 5.92 Å². The largest absolute Gasteiger partial charge is 0.369 e. The second-order valence-electron chi connectivity index (χ2n) is 11.8. The van der Waals surface area contributed by atoms with Gasteiger partial charge in [-0.25, -0.2) is 5.01 Å². The molecule has 6 aliphatic rings. The molecule has 0 spiro atoms. The Morgan fingerprint density at radius 3 is 2.77 bits per heavy atom. The fourth-order valence-electron chi connectivity index (χ4n) is 6.99. The number of allylic oxidation sites excluding steroid dienone is 1. The van der Waals surface area contributed by atoms with Crippen molar-refractivity contribution >= 4 is 23.2 Å².